The number of ether oxygens (including phenoxy) is 2. The van der Waals surface area contributed by atoms with Crippen molar-refractivity contribution in [3.8, 4) is 11.5 Å². The minimum absolute atomic E-state index is 0. The first kappa shape index (κ1) is 22.2. The zero-order valence-corrected chi connectivity index (χ0v) is 16.8. The van der Waals surface area contributed by atoms with Crippen LogP contribution in [0.3, 0.4) is 0 Å². The van der Waals surface area contributed by atoms with Gasteiger partial charge < -0.3 is 9.47 Å². The molecule has 25 heavy (non-hydrogen) atoms. The van der Waals surface area contributed by atoms with Crippen LogP contribution in [0.2, 0.25) is 10.0 Å². The fourth-order valence-electron chi connectivity index (χ4n) is 2.10. The van der Waals surface area contributed by atoms with E-state index >= 15 is 0 Å². The van der Waals surface area contributed by atoms with Crippen molar-refractivity contribution in [2.75, 3.05) is 38.7 Å². The lowest BCUT2D eigenvalue weighted by Gasteiger charge is -2.21. The minimum atomic E-state index is 0. The second-order valence-corrected chi connectivity index (χ2v) is 6.39. The van der Waals surface area contributed by atoms with Crippen molar-refractivity contribution < 1.29 is 9.47 Å². The number of rotatable bonds is 10. The Morgan fingerprint density at radius 3 is 1.44 bits per heavy atom. The van der Waals surface area contributed by atoms with Gasteiger partial charge in [0.2, 0.25) is 0 Å². The molecule has 0 aliphatic carbocycles. The quantitative estimate of drug-likeness (QED) is 0.475. The Hall–Kier alpha value is -0.840. The Kier molecular flexibility index (Phi) is 11.1. The molecule has 0 aromatic heterocycles. The summed E-state index contributed by atoms with van der Waals surface area (Å²) in [5.74, 6) is 2.19. The van der Waals surface area contributed by atoms with Gasteiger partial charge in [0.15, 0.2) is 0 Å². The average Bonchev–Trinajstić information content (AvgIpc) is 2.58. The van der Waals surface area contributed by atoms with E-state index < -0.39 is 0 Å². The van der Waals surface area contributed by atoms with Crippen LogP contribution < -0.4 is 9.47 Å². The lowest BCUT2D eigenvalue weighted by atomic mass is 10.3. The highest BCUT2D eigenvalue weighted by Gasteiger charge is 2.05. The molecule has 0 unspecified atom stereocenters. The first-order valence-electron chi connectivity index (χ1n) is 7.72. The molecule has 3 nitrogen and oxygen atoms in total. The summed E-state index contributed by atoms with van der Waals surface area (Å²) in [6.45, 7) is 3.51. The van der Waals surface area contributed by atoms with E-state index in [0.717, 1.165) is 31.1 Å². The van der Waals surface area contributed by atoms with E-state index in [1.807, 2.05) is 48.5 Å². The number of benzene rings is 2. The lowest BCUT2D eigenvalue weighted by Crippen LogP contribution is -2.34. The standard InChI is InChI=1S/C18H20Cl3NO2.ClH/c19-9-10-22(11-13-23-17-5-1-15(20)2-6-17)12-14-24-18-7-3-16(21)4-8-18;/h1-8H,9-14H2;1H. The van der Waals surface area contributed by atoms with Gasteiger partial charge in [-0.15, -0.1) is 24.0 Å². The summed E-state index contributed by atoms with van der Waals surface area (Å²) in [4.78, 5) is 2.21. The summed E-state index contributed by atoms with van der Waals surface area (Å²) in [6, 6.07) is 14.7. The van der Waals surface area contributed by atoms with Crippen molar-refractivity contribution in [2.45, 2.75) is 0 Å². The molecule has 2 aromatic rings. The molecular formula is C18H21Cl4NO2. The van der Waals surface area contributed by atoms with Crippen LogP contribution in [0.5, 0.6) is 11.5 Å². The smallest absolute Gasteiger partial charge is 0.119 e. The van der Waals surface area contributed by atoms with E-state index in [2.05, 4.69) is 4.90 Å². The van der Waals surface area contributed by atoms with Crippen molar-refractivity contribution in [1.82, 2.24) is 4.90 Å². The zero-order chi connectivity index (χ0) is 17.2. The molecule has 0 radical (unpaired) electrons. The Balaban J connectivity index is 0.00000312. The van der Waals surface area contributed by atoms with E-state index in [1.54, 1.807) is 0 Å². The molecule has 0 heterocycles. The second kappa shape index (κ2) is 12.5. The van der Waals surface area contributed by atoms with Crippen LogP contribution >= 0.6 is 47.2 Å². The number of nitrogens with zero attached hydrogens (tertiary/aromatic N) is 1. The Labute approximate surface area is 170 Å². The molecular weight excluding hydrogens is 404 g/mol. The normalized spacial score (nSPS) is 10.4. The van der Waals surface area contributed by atoms with Gasteiger partial charge in [0.1, 0.15) is 24.7 Å². The van der Waals surface area contributed by atoms with E-state index in [4.69, 9.17) is 44.3 Å². The molecule has 2 aromatic carbocycles. The van der Waals surface area contributed by atoms with Gasteiger partial charge >= 0.3 is 0 Å². The monoisotopic (exact) mass is 423 g/mol. The molecule has 0 amide bonds. The first-order chi connectivity index (χ1) is 11.7. The highest BCUT2D eigenvalue weighted by molar-refractivity contribution is 6.30. The minimum Gasteiger partial charge on any atom is -0.492 e. The van der Waals surface area contributed by atoms with E-state index in [1.165, 1.54) is 0 Å². The third-order valence-electron chi connectivity index (χ3n) is 3.38. The summed E-state index contributed by atoms with van der Waals surface area (Å²) >= 11 is 17.6. The molecule has 0 saturated carbocycles. The molecule has 0 saturated heterocycles. The van der Waals surface area contributed by atoms with Gasteiger partial charge in [-0.1, -0.05) is 23.2 Å². The molecule has 0 fully saturated rings. The van der Waals surface area contributed by atoms with E-state index in [-0.39, 0.29) is 12.4 Å². The van der Waals surface area contributed by atoms with Crippen LogP contribution in [0.25, 0.3) is 0 Å². The molecule has 0 bridgehead atoms. The maximum atomic E-state index is 5.87. The fourth-order valence-corrected chi connectivity index (χ4v) is 2.59. The molecule has 0 N–H and O–H groups in total. The SMILES string of the molecule is Cl.ClCCN(CCOc1ccc(Cl)cc1)CCOc1ccc(Cl)cc1. The van der Waals surface area contributed by atoms with Gasteiger partial charge in [-0.3, -0.25) is 4.90 Å². The maximum Gasteiger partial charge on any atom is 0.119 e. The molecule has 0 spiro atoms. The van der Waals surface area contributed by atoms with Gasteiger partial charge in [0.05, 0.1) is 0 Å². The van der Waals surface area contributed by atoms with Crippen LogP contribution in [0.4, 0.5) is 0 Å². The second-order valence-electron chi connectivity index (χ2n) is 5.14. The van der Waals surface area contributed by atoms with Crippen LogP contribution in [-0.2, 0) is 0 Å². The van der Waals surface area contributed by atoms with Crippen LogP contribution in [0, 0.1) is 0 Å². The van der Waals surface area contributed by atoms with Crippen molar-refractivity contribution >= 4 is 47.2 Å². The predicted molar refractivity (Wildman–Crippen MR) is 108 cm³/mol. The lowest BCUT2D eigenvalue weighted by molar-refractivity contribution is 0.183. The van der Waals surface area contributed by atoms with Crippen molar-refractivity contribution in [3.63, 3.8) is 0 Å². The molecule has 138 valence electrons. The highest BCUT2D eigenvalue weighted by atomic mass is 35.5. The largest absolute Gasteiger partial charge is 0.492 e. The summed E-state index contributed by atoms with van der Waals surface area (Å²) in [7, 11) is 0. The predicted octanol–water partition coefficient (Wildman–Crippen LogP) is 5.41. The molecule has 7 heteroatoms. The summed E-state index contributed by atoms with van der Waals surface area (Å²) < 4.78 is 11.4. The number of hydrogen-bond donors (Lipinski definition) is 0. The number of alkyl halides is 1. The third kappa shape index (κ3) is 8.89. The first-order valence-corrected chi connectivity index (χ1v) is 9.01. The Morgan fingerprint density at radius 1 is 0.680 bits per heavy atom. The summed E-state index contributed by atoms with van der Waals surface area (Å²) in [6.07, 6.45) is 0. The van der Waals surface area contributed by atoms with Gasteiger partial charge in [-0.05, 0) is 48.5 Å². The molecule has 0 aliphatic rings. The number of halogens is 4. The van der Waals surface area contributed by atoms with E-state index in [9.17, 15) is 0 Å². The van der Waals surface area contributed by atoms with Gasteiger partial charge in [0.25, 0.3) is 0 Å². The van der Waals surface area contributed by atoms with Gasteiger partial charge in [0, 0.05) is 35.6 Å². The van der Waals surface area contributed by atoms with Crippen LogP contribution in [-0.4, -0.2) is 43.6 Å². The van der Waals surface area contributed by atoms with Gasteiger partial charge in [-0.2, -0.15) is 0 Å². The fraction of sp³-hybridized carbons (Fsp3) is 0.333. The van der Waals surface area contributed by atoms with Crippen molar-refractivity contribution in [1.29, 1.82) is 0 Å². The van der Waals surface area contributed by atoms with Gasteiger partial charge in [-0.25, -0.2) is 0 Å². The third-order valence-corrected chi connectivity index (χ3v) is 4.05. The molecule has 0 aliphatic heterocycles. The van der Waals surface area contributed by atoms with Crippen LogP contribution in [0.15, 0.2) is 48.5 Å². The average molecular weight is 425 g/mol. The Morgan fingerprint density at radius 2 is 1.08 bits per heavy atom. The number of hydrogen-bond acceptors (Lipinski definition) is 3. The molecule has 2 rings (SSSR count). The van der Waals surface area contributed by atoms with E-state index in [0.29, 0.717) is 29.1 Å². The van der Waals surface area contributed by atoms with Crippen molar-refractivity contribution in [2.24, 2.45) is 0 Å². The van der Waals surface area contributed by atoms with Crippen LogP contribution in [0.1, 0.15) is 0 Å². The summed E-state index contributed by atoms with van der Waals surface area (Å²) in [5.41, 5.74) is 0. The summed E-state index contributed by atoms with van der Waals surface area (Å²) in [5, 5.41) is 1.40. The zero-order valence-electron chi connectivity index (χ0n) is 13.7. The highest BCUT2D eigenvalue weighted by Crippen LogP contribution is 2.16. The topological polar surface area (TPSA) is 21.7 Å². The van der Waals surface area contributed by atoms with Crippen molar-refractivity contribution in [3.05, 3.63) is 58.6 Å². The maximum absolute atomic E-state index is 5.87. The Bertz CT molecular complexity index is 542. The molecule has 0 atom stereocenters.